The Bertz CT molecular complexity index is 645. The number of nitriles is 1. The van der Waals surface area contributed by atoms with Crippen LogP contribution in [0.2, 0.25) is 0 Å². The van der Waals surface area contributed by atoms with Crippen LogP contribution in [-0.4, -0.2) is 37.5 Å². The van der Waals surface area contributed by atoms with E-state index in [1.165, 1.54) is 0 Å². The van der Waals surface area contributed by atoms with Crippen molar-refractivity contribution in [3.63, 3.8) is 0 Å². The molecule has 2 heterocycles. The van der Waals surface area contributed by atoms with Gasteiger partial charge >= 0.3 is 0 Å². The molecule has 20 heavy (non-hydrogen) atoms. The van der Waals surface area contributed by atoms with E-state index < -0.39 is 0 Å². The van der Waals surface area contributed by atoms with Crippen LogP contribution in [0.25, 0.3) is 10.9 Å². The molecule has 0 spiro atoms. The van der Waals surface area contributed by atoms with Crippen LogP contribution in [0.5, 0.6) is 0 Å². The molecule has 1 aromatic carbocycles. The molecular formula is C15H15N3O2. The van der Waals surface area contributed by atoms with Crippen molar-refractivity contribution in [3.8, 4) is 6.07 Å². The number of fused-ring (bicyclic) bond motifs is 1. The average molecular weight is 269 g/mol. The normalized spacial score (nSPS) is 18.6. The molecule has 0 bridgehead atoms. The molecule has 102 valence electrons. The summed E-state index contributed by atoms with van der Waals surface area (Å²) < 4.78 is 10.9. The number of nitrogens with zero attached hydrogens (tertiary/aromatic N) is 2. The van der Waals surface area contributed by atoms with E-state index in [9.17, 15) is 5.26 Å². The Hall–Kier alpha value is -2.16. The summed E-state index contributed by atoms with van der Waals surface area (Å²) in [6, 6.07) is 11.8. The maximum atomic E-state index is 9.23. The monoisotopic (exact) mass is 269 g/mol. The van der Waals surface area contributed by atoms with Gasteiger partial charge in [0.1, 0.15) is 11.9 Å². The lowest BCUT2D eigenvalue weighted by Crippen LogP contribution is -2.34. The zero-order valence-corrected chi connectivity index (χ0v) is 11.0. The number of rotatable bonds is 3. The molecule has 1 fully saturated rings. The first-order valence-electron chi connectivity index (χ1n) is 6.60. The van der Waals surface area contributed by atoms with Gasteiger partial charge in [0, 0.05) is 11.9 Å². The number of aromatic nitrogens is 1. The summed E-state index contributed by atoms with van der Waals surface area (Å²) in [6.45, 7) is 2.42. The predicted molar refractivity (Wildman–Crippen MR) is 75.5 cm³/mol. The van der Waals surface area contributed by atoms with Crippen molar-refractivity contribution in [2.75, 3.05) is 31.7 Å². The molecule has 3 rings (SSSR count). The lowest BCUT2D eigenvalue weighted by molar-refractivity contribution is -0.0819. The van der Waals surface area contributed by atoms with Crippen LogP contribution in [0.15, 0.2) is 30.3 Å². The van der Waals surface area contributed by atoms with Gasteiger partial charge in [-0.05, 0) is 12.1 Å². The molecule has 2 aromatic rings. The standard InChI is InChI=1S/C15H15N3O2/c16-8-12-7-11-3-1-2-4-14(11)18-15(12)17-9-13-10-19-5-6-20-13/h1-4,7,13H,5-6,9-10H2,(H,17,18). The molecule has 0 saturated carbocycles. The molecule has 1 aliphatic rings. The zero-order valence-electron chi connectivity index (χ0n) is 11.0. The summed E-state index contributed by atoms with van der Waals surface area (Å²) in [6.07, 6.45) is 0.00330. The summed E-state index contributed by atoms with van der Waals surface area (Å²) in [5.41, 5.74) is 1.41. The molecule has 1 atom stereocenters. The number of benzene rings is 1. The molecule has 5 heteroatoms. The minimum Gasteiger partial charge on any atom is -0.376 e. The van der Waals surface area contributed by atoms with E-state index in [-0.39, 0.29) is 6.10 Å². The zero-order chi connectivity index (χ0) is 13.8. The van der Waals surface area contributed by atoms with Crippen molar-refractivity contribution < 1.29 is 9.47 Å². The molecule has 5 nitrogen and oxygen atoms in total. The van der Waals surface area contributed by atoms with Crippen molar-refractivity contribution in [1.29, 1.82) is 5.26 Å². The molecule has 0 radical (unpaired) electrons. The number of nitrogens with one attached hydrogen (secondary N) is 1. The van der Waals surface area contributed by atoms with Gasteiger partial charge in [-0.15, -0.1) is 0 Å². The van der Waals surface area contributed by atoms with Crippen molar-refractivity contribution in [2.45, 2.75) is 6.10 Å². The Kier molecular flexibility index (Phi) is 3.77. The molecule has 1 unspecified atom stereocenters. The van der Waals surface area contributed by atoms with E-state index in [0.717, 1.165) is 10.9 Å². The first kappa shape index (κ1) is 12.9. The Morgan fingerprint density at radius 2 is 2.25 bits per heavy atom. The third-order valence-corrected chi connectivity index (χ3v) is 3.23. The minimum atomic E-state index is 0.00330. The molecule has 1 aromatic heterocycles. The lowest BCUT2D eigenvalue weighted by atomic mass is 10.1. The topological polar surface area (TPSA) is 67.2 Å². The Morgan fingerprint density at radius 1 is 1.35 bits per heavy atom. The van der Waals surface area contributed by atoms with Gasteiger partial charge < -0.3 is 14.8 Å². The molecule has 1 saturated heterocycles. The molecule has 1 aliphatic heterocycles. The van der Waals surface area contributed by atoms with E-state index in [4.69, 9.17) is 9.47 Å². The first-order valence-corrected chi connectivity index (χ1v) is 6.60. The Labute approximate surface area is 117 Å². The fourth-order valence-electron chi connectivity index (χ4n) is 2.20. The van der Waals surface area contributed by atoms with Crippen LogP contribution >= 0.6 is 0 Å². The molecule has 0 amide bonds. The first-order chi connectivity index (χ1) is 9.86. The van der Waals surface area contributed by atoms with E-state index in [1.54, 1.807) is 0 Å². The highest BCUT2D eigenvalue weighted by Crippen LogP contribution is 2.19. The molecule has 1 N–H and O–H groups in total. The molecule has 0 aliphatic carbocycles. The highest BCUT2D eigenvalue weighted by molar-refractivity contribution is 5.82. The van der Waals surface area contributed by atoms with Gasteiger partial charge in [0.15, 0.2) is 0 Å². The maximum absolute atomic E-state index is 9.23. The van der Waals surface area contributed by atoms with Crippen LogP contribution < -0.4 is 5.32 Å². The SMILES string of the molecule is N#Cc1cc2ccccc2nc1NCC1COCCO1. The van der Waals surface area contributed by atoms with Gasteiger partial charge in [0.05, 0.1) is 37.0 Å². The number of para-hydroxylation sites is 1. The van der Waals surface area contributed by atoms with Gasteiger partial charge in [-0.1, -0.05) is 18.2 Å². The highest BCUT2D eigenvalue weighted by Gasteiger charge is 2.15. The number of pyridine rings is 1. The second kappa shape index (κ2) is 5.87. The van der Waals surface area contributed by atoms with Gasteiger partial charge in [-0.2, -0.15) is 5.26 Å². The fourth-order valence-corrected chi connectivity index (χ4v) is 2.20. The lowest BCUT2D eigenvalue weighted by Gasteiger charge is -2.23. The summed E-state index contributed by atoms with van der Waals surface area (Å²) in [5.74, 6) is 0.598. The quantitative estimate of drug-likeness (QED) is 0.922. The summed E-state index contributed by atoms with van der Waals surface area (Å²) in [7, 11) is 0. The van der Waals surface area contributed by atoms with E-state index in [0.29, 0.717) is 37.7 Å². The number of anilines is 1. The largest absolute Gasteiger partial charge is 0.376 e. The summed E-state index contributed by atoms with van der Waals surface area (Å²) in [5, 5.41) is 13.4. The third kappa shape index (κ3) is 2.72. The van der Waals surface area contributed by atoms with Crippen molar-refractivity contribution in [3.05, 3.63) is 35.9 Å². The maximum Gasteiger partial charge on any atom is 0.144 e. The van der Waals surface area contributed by atoms with Gasteiger partial charge in [0.25, 0.3) is 0 Å². The van der Waals surface area contributed by atoms with E-state index in [2.05, 4.69) is 16.4 Å². The van der Waals surface area contributed by atoms with Crippen LogP contribution in [0.3, 0.4) is 0 Å². The average Bonchev–Trinajstić information content (AvgIpc) is 2.53. The summed E-state index contributed by atoms with van der Waals surface area (Å²) >= 11 is 0. The second-order valence-corrected chi connectivity index (χ2v) is 4.64. The summed E-state index contributed by atoms with van der Waals surface area (Å²) in [4.78, 5) is 4.50. The third-order valence-electron chi connectivity index (χ3n) is 3.23. The Morgan fingerprint density at radius 3 is 3.05 bits per heavy atom. The van der Waals surface area contributed by atoms with E-state index in [1.807, 2.05) is 30.3 Å². The number of hydrogen-bond donors (Lipinski definition) is 1. The van der Waals surface area contributed by atoms with Crippen molar-refractivity contribution >= 4 is 16.7 Å². The van der Waals surface area contributed by atoms with Crippen LogP contribution in [0.1, 0.15) is 5.56 Å². The van der Waals surface area contributed by atoms with Crippen LogP contribution in [0, 0.1) is 11.3 Å². The fraction of sp³-hybridized carbons (Fsp3) is 0.333. The Balaban J connectivity index is 1.80. The van der Waals surface area contributed by atoms with Crippen LogP contribution in [-0.2, 0) is 9.47 Å². The number of hydrogen-bond acceptors (Lipinski definition) is 5. The predicted octanol–water partition coefficient (Wildman–Crippen LogP) is 1.93. The van der Waals surface area contributed by atoms with E-state index >= 15 is 0 Å². The van der Waals surface area contributed by atoms with Crippen molar-refractivity contribution in [1.82, 2.24) is 4.98 Å². The minimum absolute atomic E-state index is 0.00330. The van der Waals surface area contributed by atoms with Gasteiger partial charge in [-0.3, -0.25) is 0 Å². The van der Waals surface area contributed by atoms with Gasteiger partial charge in [-0.25, -0.2) is 4.98 Å². The second-order valence-electron chi connectivity index (χ2n) is 4.64. The van der Waals surface area contributed by atoms with Crippen molar-refractivity contribution in [2.24, 2.45) is 0 Å². The van der Waals surface area contributed by atoms with Gasteiger partial charge in [0.2, 0.25) is 0 Å². The highest BCUT2D eigenvalue weighted by atomic mass is 16.6. The molecular weight excluding hydrogens is 254 g/mol. The van der Waals surface area contributed by atoms with Crippen LogP contribution in [0.4, 0.5) is 5.82 Å². The smallest absolute Gasteiger partial charge is 0.144 e. The number of ether oxygens (including phenoxy) is 2.